The molecule has 0 aliphatic heterocycles. The van der Waals surface area contributed by atoms with Crippen LogP contribution in [0.2, 0.25) is 0 Å². The summed E-state index contributed by atoms with van der Waals surface area (Å²) in [7, 11) is 1.67. The zero-order valence-corrected chi connectivity index (χ0v) is 17.4. The Bertz CT molecular complexity index is 1310. The van der Waals surface area contributed by atoms with Gasteiger partial charge in [0.05, 0.1) is 23.0 Å². The molecule has 0 saturated heterocycles. The van der Waals surface area contributed by atoms with Crippen LogP contribution in [0.15, 0.2) is 47.2 Å². The normalized spacial score (nSPS) is 11.5. The number of benzene rings is 1. The summed E-state index contributed by atoms with van der Waals surface area (Å²) in [5.74, 6) is -0.157. The lowest BCUT2D eigenvalue weighted by molar-refractivity contribution is -0.137. The standard InChI is InChI=1S/C21H17F3N6O3/c1-11-3-4-12(18(25)31)7-14(11)19-28-20(33-29-19)15-9-27-30(2)16(15)10-32-17-6-5-13(8-26-17)21(22,23)24/h3-9H,10H2,1-2H3,(H2,25,31). The van der Waals surface area contributed by atoms with Crippen molar-refractivity contribution in [3.63, 3.8) is 0 Å². The molecule has 33 heavy (non-hydrogen) atoms. The van der Waals surface area contributed by atoms with Gasteiger partial charge in [-0.15, -0.1) is 0 Å². The zero-order valence-electron chi connectivity index (χ0n) is 17.4. The summed E-state index contributed by atoms with van der Waals surface area (Å²) in [5, 5.41) is 8.16. The van der Waals surface area contributed by atoms with Crippen LogP contribution in [0.25, 0.3) is 22.8 Å². The maximum absolute atomic E-state index is 12.7. The van der Waals surface area contributed by atoms with Crippen LogP contribution in [-0.2, 0) is 19.8 Å². The highest BCUT2D eigenvalue weighted by Gasteiger charge is 2.30. The number of pyridine rings is 1. The van der Waals surface area contributed by atoms with Crippen molar-refractivity contribution < 1.29 is 27.2 Å². The van der Waals surface area contributed by atoms with Gasteiger partial charge in [-0.2, -0.15) is 23.3 Å². The van der Waals surface area contributed by atoms with Gasteiger partial charge in [-0.05, 0) is 30.7 Å². The molecule has 0 atom stereocenters. The number of aromatic nitrogens is 5. The van der Waals surface area contributed by atoms with Crippen LogP contribution in [-0.4, -0.2) is 30.8 Å². The maximum atomic E-state index is 12.7. The molecule has 2 N–H and O–H groups in total. The molecule has 0 spiro atoms. The lowest BCUT2D eigenvalue weighted by atomic mass is 10.0. The Balaban J connectivity index is 1.57. The summed E-state index contributed by atoms with van der Waals surface area (Å²) in [6.45, 7) is 1.77. The largest absolute Gasteiger partial charge is 0.471 e. The molecule has 3 heterocycles. The van der Waals surface area contributed by atoms with Crippen LogP contribution in [0, 0.1) is 6.92 Å². The molecular formula is C21H17F3N6O3. The van der Waals surface area contributed by atoms with Crippen molar-refractivity contribution in [2.45, 2.75) is 19.7 Å². The number of aryl methyl sites for hydroxylation is 2. The van der Waals surface area contributed by atoms with E-state index in [-0.39, 0.29) is 24.2 Å². The molecular weight excluding hydrogens is 441 g/mol. The number of ether oxygens (including phenoxy) is 1. The van der Waals surface area contributed by atoms with Crippen LogP contribution < -0.4 is 10.5 Å². The Morgan fingerprint density at radius 2 is 1.97 bits per heavy atom. The molecule has 0 unspecified atom stereocenters. The van der Waals surface area contributed by atoms with Gasteiger partial charge in [0.2, 0.25) is 17.6 Å². The summed E-state index contributed by atoms with van der Waals surface area (Å²) in [6, 6.07) is 6.94. The number of carbonyl (C=O) groups excluding carboxylic acids is 1. The highest BCUT2D eigenvalue weighted by molar-refractivity contribution is 5.94. The van der Waals surface area contributed by atoms with Crippen molar-refractivity contribution in [1.82, 2.24) is 24.9 Å². The van der Waals surface area contributed by atoms with Crippen LogP contribution in [0.1, 0.15) is 27.2 Å². The molecule has 4 aromatic rings. The number of halogens is 3. The fourth-order valence-corrected chi connectivity index (χ4v) is 3.05. The molecule has 170 valence electrons. The number of alkyl halides is 3. The van der Waals surface area contributed by atoms with Crippen molar-refractivity contribution in [3.05, 3.63) is 65.1 Å². The number of nitrogens with zero attached hydrogens (tertiary/aromatic N) is 5. The Kier molecular flexibility index (Phi) is 5.58. The molecule has 0 radical (unpaired) electrons. The van der Waals surface area contributed by atoms with Crippen molar-refractivity contribution in [2.75, 3.05) is 0 Å². The smallest absolute Gasteiger partial charge is 0.417 e. The summed E-state index contributed by atoms with van der Waals surface area (Å²) in [5.41, 5.74) is 7.20. The van der Waals surface area contributed by atoms with Crippen molar-refractivity contribution >= 4 is 5.91 Å². The van der Waals surface area contributed by atoms with Crippen LogP contribution in [0.4, 0.5) is 13.2 Å². The van der Waals surface area contributed by atoms with E-state index in [9.17, 15) is 18.0 Å². The molecule has 0 aliphatic carbocycles. The average molecular weight is 458 g/mol. The van der Waals surface area contributed by atoms with Crippen molar-refractivity contribution in [1.29, 1.82) is 0 Å². The van der Waals surface area contributed by atoms with Gasteiger partial charge >= 0.3 is 6.18 Å². The minimum absolute atomic E-state index is 0.0141. The predicted molar refractivity (Wildman–Crippen MR) is 109 cm³/mol. The number of rotatable bonds is 6. The number of hydrogen-bond donors (Lipinski definition) is 1. The first-order chi connectivity index (χ1) is 15.6. The second-order valence-corrected chi connectivity index (χ2v) is 7.12. The lowest BCUT2D eigenvalue weighted by Crippen LogP contribution is -2.11. The summed E-state index contributed by atoms with van der Waals surface area (Å²) < 4.78 is 50.5. The first-order valence-corrected chi connectivity index (χ1v) is 9.55. The third-order valence-electron chi connectivity index (χ3n) is 4.90. The van der Waals surface area contributed by atoms with Crippen LogP contribution >= 0.6 is 0 Å². The second kappa shape index (κ2) is 8.37. The molecule has 9 nitrogen and oxygen atoms in total. The highest BCUT2D eigenvalue weighted by atomic mass is 19.4. The third-order valence-corrected chi connectivity index (χ3v) is 4.90. The van der Waals surface area contributed by atoms with Crippen LogP contribution in [0.5, 0.6) is 5.88 Å². The number of amides is 1. The Hall–Kier alpha value is -4.22. The first-order valence-electron chi connectivity index (χ1n) is 9.55. The van der Waals surface area contributed by atoms with Gasteiger partial charge in [-0.1, -0.05) is 11.2 Å². The van der Waals surface area contributed by atoms with E-state index in [1.54, 1.807) is 25.2 Å². The molecule has 0 bridgehead atoms. The minimum atomic E-state index is -4.48. The Labute approximate surface area is 185 Å². The molecule has 12 heteroatoms. The van der Waals surface area contributed by atoms with Gasteiger partial charge in [0, 0.05) is 30.4 Å². The van der Waals surface area contributed by atoms with Gasteiger partial charge in [-0.25, -0.2) is 4.98 Å². The van der Waals surface area contributed by atoms with E-state index in [2.05, 4.69) is 20.2 Å². The monoisotopic (exact) mass is 458 g/mol. The van der Waals surface area contributed by atoms with Gasteiger partial charge in [0.15, 0.2) is 0 Å². The highest BCUT2D eigenvalue weighted by Crippen LogP contribution is 2.30. The first kappa shape index (κ1) is 22.0. The number of primary amides is 1. The summed E-state index contributed by atoms with van der Waals surface area (Å²) >= 11 is 0. The van der Waals surface area contributed by atoms with E-state index in [0.717, 1.165) is 17.7 Å². The Morgan fingerprint density at radius 3 is 2.64 bits per heavy atom. The van der Waals surface area contributed by atoms with Gasteiger partial charge in [0.25, 0.3) is 5.89 Å². The van der Waals surface area contributed by atoms with E-state index < -0.39 is 17.6 Å². The maximum Gasteiger partial charge on any atom is 0.417 e. The van der Waals surface area contributed by atoms with Gasteiger partial charge < -0.3 is 15.0 Å². The lowest BCUT2D eigenvalue weighted by Gasteiger charge is -2.09. The van der Waals surface area contributed by atoms with Crippen molar-refractivity contribution in [2.24, 2.45) is 12.8 Å². The molecule has 0 fully saturated rings. The van der Waals surface area contributed by atoms with Gasteiger partial charge in [-0.3, -0.25) is 9.48 Å². The molecule has 3 aromatic heterocycles. The topological polar surface area (TPSA) is 122 Å². The SMILES string of the molecule is Cc1ccc(C(N)=O)cc1-c1noc(-c2cnn(C)c2COc2ccc(C(F)(F)F)cn2)n1. The van der Waals surface area contributed by atoms with E-state index in [0.29, 0.717) is 28.6 Å². The average Bonchev–Trinajstić information content (AvgIpc) is 3.39. The zero-order chi connectivity index (χ0) is 23.8. The Morgan fingerprint density at radius 1 is 1.18 bits per heavy atom. The molecule has 0 saturated carbocycles. The molecule has 1 amide bonds. The predicted octanol–water partition coefficient (Wildman–Crippen LogP) is 3.54. The summed E-state index contributed by atoms with van der Waals surface area (Å²) in [6.07, 6.45) is -2.28. The fourth-order valence-electron chi connectivity index (χ4n) is 3.05. The van der Waals surface area contributed by atoms with Crippen molar-refractivity contribution in [3.8, 4) is 28.7 Å². The number of hydrogen-bond acceptors (Lipinski definition) is 7. The van der Waals surface area contributed by atoms with E-state index in [1.165, 1.54) is 10.9 Å². The summed E-state index contributed by atoms with van der Waals surface area (Å²) in [4.78, 5) is 19.6. The molecule has 0 aliphatic rings. The quantitative estimate of drug-likeness (QED) is 0.469. The second-order valence-electron chi connectivity index (χ2n) is 7.12. The van der Waals surface area contributed by atoms with E-state index in [4.69, 9.17) is 15.0 Å². The third kappa shape index (κ3) is 4.54. The minimum Gasteiger partial charge on any atom is -0.471 e. The molecule has 4 rings (SSSR count). The fraction of sp³-hybridized carbons (Fsp3) is 0.190. The van der Waals surface area contributed by atoms with Crippen LogP contribution in [0.3, 0.4) is 0 Å². The molecule has 1 aromatic carbocycles. The van der Waals surface area contributed by atoms with E-state index >= 15 is 0 Å². The van der Waals surface area contributed by atoms with Gasteiger partial charge in [0.1, 0.15) is 6.61 Å². The number of carbonyl (C=O) groups is 1. The number of nitrogens with two attached hydrogens (primary N) is 1. The van der Waals surface area contributed by atoms with E-state index in [1.807, 2.05) is 6.92 Å².